The lowest BCUT2D eigenvalue weighted by molar-refractivity contribution is -0.158. The van der Waals surface area contributed by atoms with Crippen LogP contribution < -0.4 is 0 Å². The average Bonchev–Trinajstić information content (AvgIpc) is 3.25. The summed E-state index contributed by atoms with van der Waals surface area (Å²) in [4.78, 5) is 48.8. The molecule has 0 N–H and O–H groups in total. The quantitative estimate of drug-likeness (QED) is 0.0332. The van der Waals surface area contributed by atoms with Gasteiger partial charge in [-0.2, -0.15) is 0 Å². The molecule has 0 aliphatic carbocycles. The van der Waals surface area contributed by atoms with Gasteiger partial charge in [-0.15, -0.1) is 0 Å². The van der Waals surface area contributed by atoms with Crippen LogP contribution in [0.5, 0.6) is 0 Å². The average molecular weight is 855 g/mol. The van der Waals surface area contributed by atoms with E-state index >= 15 is 0 Å². The maximum absolute atomic E-state index is 13.0. The molecule has 10 heteroatoms. The van der Waals surface area contributed by atoms with Gasteiger partial charge < -0.3 is 28.4 Å². The van der Waals surface area contributed by atoms with Gasteiger partial charge in [0.1, 0.15) is 12.2 Å². The van der Waals surface area contributed by atoms with Crippen molar-refractivity contribution in [1.82, 2.24) is 0 Å². The van der Waals surface area contributed by atoms with Crippen LogP contribution in [0, 0.1) is 0 Å². The fourth-order valence-corrected chi connectivity index (χ4v) is 8.00. The first-order valence-corrected chi connectivity index (χ1v) is 24.8. The summed E-state index contributed by atoms with van der Waals surface area (Å²) in [7, 11) is 6.34. The number of methoxy groups -OCH3 is 4. The Morgan fingerprint density at radius 2 is 0.533 bits per heavy atom. The summed E-state index contributed by atoms with van der Waals surface area (Å²) >= 11 is 0. The van der Waals surface area contributed by atoms with Gasteiger partial charge in [0.25, 0.3) is 0 Å². The van der Waals surface area contributed by atoms with E-state index in [0.29, 0.717) is 25.7 Å². The smallest absolute Gasteiger partial charge is 0.306 e. The minimum absolute atomic E-state index is 0.0845. The van der Waals surface area contributed by atoms with Crippen molar-refractivity contribution in [3.8, 4) is 0 Å². The van der Waals surface area contributed by atoms with Crippen molar-refractivity contribution in [3.63, 3.8) is 0 Å². The molecule has 10 nitrogen and oxygen atoms in total. The highest BCUT2D eigenvalue weighted by molar-refractivity contribution is 5.70. The number of rotatable bonds is 45. The predicted octanol–water partition coefficient (Wildman–Crippen LogP) is 13.3. The lowest BCUT2D eigenvalue weighted by atomic mass is 9.99. The van der Waals surface area contributed by atoms with Crippen LogP contribution in [0.1, 0.15) is 245 Å². The van der Waals surface area contributed by atoms with Crippen molar-refractivity contribution in [3.05, 3.63) is 0 Å². The summed E-state index contributed by atoms with van der Waals surface area (Å²) in [6.45, 7) is 4.46. The second kappa shape index (κ2) is 43.4. The van der Waals surface area contributed by atoms with Crippen molar-refractivity contribution < 1.29 is 47.6 Å². The van der Waals surface area contributed by atoms with Gasteiger partial charge in [0, 0.05) is 39.9 Å². The molecule has 0 spiro atoms. The van der Waals surface area contributed by atoms with Gasteiger partial charge in [-0.1, -0.05) is 155 Å². The summed E-state index contributed by atoms with van der Waals surface area (Å²) in [6.07, 6.45) is 34.5. The number of carbonyl (C=O) groups excluding carboxylic acids is 4. The third-order valence-electron chi connectivity index (χ3n) is 11.9. The van der Waals surface area contributed by atoms with E-state index in [0.717, 1.165) is 148 Å². The summed E-state index contributed by atoms with van der Waals surface area (Å²) in [5.74, 6) is -0.557. The number of esters is 4. The molecule has 4 atom stereocenters. The standard InChI is InChI=1S/C50H94O10/c1-7-9-11-13-19-27-35-43(55-3)46(38-30-22-18-26-32-40-48(52)58-6)60-50(54)42-34-24-16-15-23-33-41-49(53)59-45(37-29-20-14-12-10-8-2)44(56-4)36-28-21-17-25-31-39-47(51)57-5/h43-46H,7-42H2,1-6H3. The molecule has 0 aromatic carbocycles. The zero-order valence-corrected chi connectivity index (χ0v) is 39.8. The Morgan fingerprint density at radius 3 is 0.800 bits per heavy atom. The first-order valence-electron chi connectivity index (χ1n) is 24.8. The maximum atomic E-state index is 13.0. The Hall–Kier alpha value is -2.20. The first-order chi connectivity index (χ1) is 29.3. The third-order valence-corrected chi connectivity index (χ3v) is 11.9. The Morgan fingerprint density at radius 1 is 0.300 bits per heavy atom. The van der Waals surface area contributed by atoms with Crippen molar-refractivity contribution in [2.45, 2.75) is 269 Å². The molecule has 0 aliphatic rings. The number of unbranched alkanes of at least 4 members (excludes halogenated alkanes) is 23. The Bertz CT molecular complexity index is 1000. The van der Waals surface area contributed by atoms with Crippen molar-refractivity contribution in [2.75, 3.05) is 28.4 Å². The molecule has 4 unspecified atom stereocenters. The molecule has 0 bridgehead atoms. The van der Waals surface area contributed by atoms with Gasteiger partial charge >= 0.3 is 23.9 Å². The lowest BCUT2D eigenvalue weighted by Crippen LogP contribution is -2.33. The van der Waals surface area contributed by atoms with Gasteiger partial charge in [0.15, 0.2) is 0 Å². The molecule has 0 radical (unpaired) electrons. The molecule has 354 valence electrons. The molecule has 0 rings (SSSR count). The monoisotopic (exact) mass is 855 g/mol. The highest BCUT2D eigenvalue weighted by atomic mass is 16.6. The van der Waals surface area contributed by atoms with Crippen molar-refractivity contribution in [2.24, 2.45) is 0 Å². The van der Waals surface area contributed by atoms with Crippen molar-refractivity contribution >= 4 is 23.9 Å². The number of hydrogen-bond acceptors (Lipinski definition) is 10. The first kappa shape index (κ1) is 57.8. The summed E-state index contributed by atoms with van der Waals surface area (Å²) < 4.78 is 33.5. The fraction of sp³-hybridized carbons (Fsp3) is 0.920. The van der Waals surface area contributed by atoms with E-state index in [2.05, 4.69) is 13.8 Å². The minimum atomic E-state index is -0.229. The van der Waals surface area contributed by atoms with E-state index in [1.807, 2.05) is 0 Å². The van der Waals surface area contributed by atoms with Crippen molar-refractivity contribution in [1.29, 1.82) is 0 Å². The molecule has 0 saturated heterocycles. The summed E-state index contributed by atoms with van der Waals surface area (Å²) in [5.41, 5.74) is 0. The molecule has 0 aromatic rings. The van der Waals surface area contributed by atoms with E-state index in [-0.39, 0.29) is 48.3 Å². The highest BCUT2D eigenvalue weighted by Gasteiger charge is 2.26. The van der Waals surface area contributed by atoms with Gasteiger partial charge in [-0.3, -0.25) is 19.2 Å². The second-order valence-corrected chi connectivity index (χ2v) is 17.1. The molecule has 0 heterocycles. The SMILES string of the molecule is CCCCCCCCC(OC)C(CCCCCCCC(=O)OC)OC(=O)CCCCCCCCC(=O)OC(CCCCCCCC)C(CCCCCCCC(=O)OC)OC. The summed E-state index contributed by atoms with van der Waals surface area (Å²) in [5, 5.41) is 0. The third kappa shape index (κ3) is 35.4. The van der Waals surface area contributed by atoms with Crippen LogP contribution in [0.25, 0.3) is 0 Å². The number of ether oxygens (including phenoxy) is 6. The number of hydrogen-bond donors (Lipinski definition) is 0. The van der Waals surface area contributed by atoms with E-state index in [1.54, 1.807) is 14.2 Å². The molecule has 0 amide bonds. The zero-order chi connectivity index (χ0) is 44.3. The maximum Gasteiger partial charge on any atom is 0.306 e. The molecule has 60 heavy (non-hydrogen) atoms. The molecule has 0 saturated carbocycles. The van der Waals surface area contributed by atoms with Crippen LogP contribution in [0.15, 0.2) is 0 Å². The second-order valence-electron chi connectivity index (χ2n) is 17.1. The predicted molar refractivity (Wildman–Crippen MR) is 243 cm³/mol. The Labute approximate surface area is 368 Å². The van der Waals surface area contributed by atoms with E-state index < -0.39 is 0 Å². The van der Waals surface area contributed by atoms with Crippen LogP contribution in [0.2, 0.25) is 0 Å². The van der Waals surface area contributed by atoms with Crippen LogP contribution in [-0.4, -0.2) is 76.7 Å². The topological polar surface area (TPSA) is 124 Å². The minimum Gasteiger partial charge on any atom is -0.469 e. The molecular formula is C50H94O10. The molecular weight excluding hydrogens is 761 g/mol. The molecule has 0 aliphatic heterocycles. The van der Waals surface area contributed by atoms with Gasteiger partial charge in [-0.25, -0.2) is 0 Å². The largest absolute Gasteiger partial charge is 0.469 e. The Balaban J connectivity index is 4.70. The molecule has 0 fully saturated rings. The van der Waals surface area contributed by atoms with Gasteiger partial charge in [0.05, 0.1) is 26.4 Å². The van der Waals surface area contributed by atoms with Crippen LogP contribution in [0.4, 0.5) is 0 Å². The highest BCUT2D eigenvalue weighted by Crippen LogP contribution is 2.23. The van der Waals surface area contributed by atoms with E-state index in [4.69, 9.17) is 28.4 Å². The Kier molecular flexibility index (Phi) is 41.9. The van der Waals surface area contributed by atoms with E-state index in [1.165, 1.54) is 72.0 Å². The van der Waals surface area contributed by atoms with Crippen LogP contribution in [0.3, 0.4) is 0 Å². The van der Waals surface area contributed by atoms with E-state index in [9.17, 15) is 19.2 Å². The normalized spacial score (nSPS) is 13.4. The molecule has 0 aromatic heterocycles. The number of carbonyl (C=O) groups is 4. The van der Waals surface area contributed by atoms with Crippen LogP contribution in [-0.2, 0) is 47.6 Å². The van der Waals surface area contributed by atoms with Crippen LogP contribution >= 0.6 is 0 Å². The lowest BCUT2D eigenvalue weighted by Gasteiger charge is -2.26. The fourth-order valence-electron chi connectivity index (χ4n) is 8.00. The van der Waals surface area contributed by atoms with Gasteiger partial charge in [-0.05, 0) is 64.2 Å². The van der Waals surface area contributed by atoms with Gasteiger partial charge in [0.2, 0.25) is 0 Å². The summed E-state index contributed by atoms with van der Waals surface area (Å²) in [6, 6.07) is 0. The zero-order valence-electron chi connectivity index (χ0n) is 39.8.